The van der Waals surface area contributed by atoms with Crippen molar-refractivity contribution in [3.8, 4) is 0 Å². The van der Waals surface area contributed by atoms with E-state index in [0.717, 1.165) is 43.4 Å². The van der Waals surface area contributed by atoms with Gasteiger partial charge in [-0.3, -0.25) is 14.7 Å². The maximum absolute atomic E-state index is 13.1. The summed E-state index contributed by atoms with van der Waals surface area (Å²) < 4.78 is 5.31. The summed E-state index contributed by atoms with van der Waals surface area (Å²) in [6.45, 7) is 1.83. The summed E-state index contributed by atoms with van der Waals surface area (Å²) in [6.07, 6.45) is 6.24. The van der Waals surface area contributed by atoms with E-state index in [1.54, 1.807) is 6.26 Å². The molecule has 2 atom stereocenters. The summed E-state index contributed by atoms with van der Waals surface area (Å²) in [4.78, 5) is 29.6. The first-order valence-electron chi connectivity index (χ1n) is 9.30. The molecule has 0 unspecified atom stereocenters. The normalized spacial score (nSPS) is 27.5. The minimum absolute atomic E-state index is 0.0505. The van der Waals surface area contributed by atoms with Gasteiger partial charge in [0.15, 0.2) is 5.15 Å². The summed E-state index contributed by atoms with van der Waals surface area (Å²) >= 11 is 6.20. The van der Waals surface area contributed by atoms with Crippen LogP contribution in [0.3, 0.4) is 0 Å². The molecule has 1 aliphatic carbocycles. The predicted octanol–water partition coefficient (Wildman–Crippen LogP) is 2.06. The van der Waals surface area contributed by atoms with Crippen molar-refractivity contribution >= 4 is 23.4 Å². The second-order valence-corrected chi connectivity index (χ2v) is 8.01. The van der Waals surface area contributed by atoms with Gasteiger partial charge < -0.3 is 14.5 Å². The van der Waals surface area contributed by atoms with Gasteiger partial charge in [0.1, 0.15) is 0 Å². The lowest BCUT2D eigenvalue weighted by atomic mass is 10.1. The molecule has 4 heterocycles. The van der Waals surface area contributed by atoms with Crippen molar-refractivity contribution in [3.05, 3.63) is 28.2 Å². The van der Waals surface area contributed by atoms with Crippen molar-refractivity contribution < 1.29 is 14.3 Å². The Labute approximate surface area is 156 Å². The van der Waals surface area contributed by atoms with Gasteiger partial charge in [0.25, 0.3) is 11.8 Å². The Kier molecular flexibility index (Phi) is 3.74. The van der Waals surface area contributed by atoms with Crippen molar-refractivity contribution in [3.63, 3.8) is 0 Å². The number of fused-ring (bicyclic) bond motifs is 2. The molecular formula is C18H21ClN4O3. The number of piperazine rings is 1. The zero-order valence-electron chi connectivity index (χ0n) is 14.4. The molecule has 8 heteroatoms. The smallest absolute Gasteiger partial charge is 0.259 e. The molecule has 4 aliphatic rings. The zero-order chi connectivity index (χ0) is 17.8. The molecule has 26 heavy (non-hydrogen) atoms. The van der Waals surface area contributed by atoms with Gasteiger partial charge in [-0.25, -0.2) is 0 Å². The summed E-state index contributed by atoms with van der Waals surface area (Å²) in [5.41, 5.74) is 2.15. The van der Waals surface area contributed by atoms with Crippen LogP contribution in [-0.2, 0) is 9.53 Å². The molecule has 2 bridgehead atoms. The van der Waals surface area contributed by atoms with Crippen molar-refractivity contribution in [2.45, 2.75) is 50.1 Å². The van der Waals surface area contributed by atoms with Crippen molar-refractivity contribution in [2.75, 3.05) is 19.7 Å². The molecule has 138 valence electrons. The van der Waals surface area contributed by atoms with E-state index in [9.17, 15) is 9.59 Å². The molecule has 0 radical (unpaired) electrons. The summed E-state index contributed by atoms with van der Waals surface area (Å²) in [5, 5.41) is 7.24. The molecule has 5 rings (SSSR count). The van der Waals surface area contributed by atoms with Crippen LogP contribution >= 0.6 is 11.6 Å². The fraction of sp³-hybridized carbons (Fsp3) is 0.611. The zero-order valence-corrected chi connectivity index (χ0v) is 15.2. The van der Waals surface area contributed by atoms with E-state index < -0.39 is 0 Å². The molecular weight excluding hydrogens is 356 g/mol. The van der Waals surface area contributed by atoms with Crippen LogP contribution in [0.4, 0.5) is 0 Å². The number of nitrogens with one attached hydrogen (secondary N) is 1. The van der Waals surface area contributed by atoms with E-state index in [4.69, 9.17) is 16.3 Å². The highest BCUT2D eigenvalue weighted by molar-refractivity contribution is 6.32. The standard InChI is InChI=1S/C18H21ClN4O3/c19-16-14(15(20-21-16)10-3-4-10)18(25)23-8-12-6-13(23)7-22(12)17(24)11-2-1-5-26-9-11/h9-10,12-13H,1-8H2,(H,20,21)/t12-,13-/m0/s1. The van der Waals surface area contributed by atoms with Gasteiger partial charge in [-0.2, -0.15) is 5.10 Å². The fourth-order valence-corrected chi connectivity index (χ4v) is 4.64. The second kappa shape index (κ2) is 6.01. The van der Waals surface area contributed by atoms with Crippen LogP contribution in [0.5, 0.6) is 0 Å². The third-order valence-electron chi connectivity index (χ3n) is 5.92. The lowest BCUT2D eigenvalue weighted by molar-refractivity contribution is -0.129. The molecule has 2 amide bonds. The molecule has 1 aromatic heterocycles. The molecule has 0 spiro atoms. The van der Waals surface area contributed by atoms with Crippen LogP contribution in [0.25, 0.3) is 0 Å². The molecule has 2 saturated heterocycles. The summed E-state index contributed by atoms with van der Waals surface area (Å²) in [5.74, 6) is 0.389. The Morgan fingerprint density at radius 3 is 2.54 bits per heavy atom. The first kappa shape index (κ1) is 16.2. The molecule has 3 aliphatic heterocycles. The van der Waals surface area contributed by atoms with Gasteiger partial charge in [0.2, 0.25) is 0 Å². The van der Waals surface area contributed by atoms with E-state index in [2.05, 4.69) is 10.2 Å². The van der Waals surface area contributed by atoms with Crippen molar-refractivity contribution in [2.24, 2.45) is 0 Å². The van der Waals surface area contributed by atoms with E-state index in [1.807, 2.05) is 9.80 Å². The number of carbonyl (C=O) groups is 2. The van der Waals surface area contributed by atoms with Gasteiger partial charge in [-0.05, 0) is 32.1 Å². The van der Waals surface area contributed by atoms with Crippen molar-refractivity contribution in [1.29, 1.82) is 0 Å². The predicted molar refractivity (Wildman–Crippen MR) is 93.8 cm³/mol. The molecule has 3 fully saturated rings. The number of nitrogens with zero attached hydrogens (tertiary/aromatic N) is 3. The molecule has 7 nitrogen and oxygen atoms in total. The fourth-order valence-electron chi connectivity index (χ4n) is 4.42. The van der Waals surface area contributed by atoms with Crippen LogP contribution in [0.15, 0.2) is 11.8 Å². The number of ether oxygens (including phenoxy) is 1. The van der Waals surface area contributed by atoms with E-state index in [1.165, 1.54) is 0 Å². The molecule has 0 aromatic carbocycles. The van der Waals surface area contributed by atoms with Crippen LogP contribution in [0, 0.1) is 0 Å². The molecule has 1 saturated carbocycles. The van der Waals surface area contributed by atoms with Gasteiger partial charge in [0, 0.05) is 19.0 Å². The SMILES string of the molecule is O=C(C1=COCCC1)N1C[C@@H]2C[C@H]1CN2C(=O)c1c(Cl)n[nH]c1C1CC1. The number of likely N-dealkylation sites (tertiary alicyclic amines) is 2. The monoisotopic (exact) mass is 376 g/mol. The lowest BCUT2D eigenvalue weighted by Crippen LogP contribution is -2.51. The summed E-state index contributed by atoms with van der Waals surface area (Å²) in [7, 11) is 0. The highest BCUT2D eigenvalue weighted by atomic mass is 35.5. The maximum atomic E-state index is 13.1. The largest absolute Gasteiger partial charge is 0.501 e. The Morgan fingerprint density at radius 1 is 1.19 bits per heavy atom. The first-order valence-corrected chi connectivity index (χ1v) is 9.67. The number of halogens is 1. The number of aromatic nitrogens is 2. The Bertz CT molecular complexity index is 800. The molecule has 1 aromatic rings. The van der Waals surface area contributed by atoms with Gasteiger partial charge in [-0.15, -0.1) is 0 Å². The first-order chi connectivity index (χ1) is 12.6. The van der Waals surface area contributed by atoms with Gasteiger partial charge in [0.05, 0.1) is 41.8 Å². The van der Waals surface area contributed by atoms with Gasteiger partial charge >= 0.3 is 0 Å². The number of aromatic amines is 1. The number of amides is 2. The minimum Gasteiger partial charge on any atom is -0.501 e. The van der Waals surface area contributed by atoms with E-state index in [-0.39, 0.29) is 29.1 Å². The Morgan fingerprint density at radius 2 is 1.92 bits per heavy atom. The highest BCUT2D eigenvalue weighted by Crippen LogP contribution is 2.43. The average molecular weight is 377 g/mol. The lowest BCUT2D eigenvalue weighted by Gasteiger charge is -2.35. The quantitative estimate of drug-likeness (QED) is 0.875. The van der Waals surface area contributed by atoms with Crippen LogP contribution in [-0.4, -0.2) is 63.6 Å². The Balaban J connectivity index is 1.31. The average Bonchev–Trinajstić information content (AvgIpc) is 3.13. The van der Waals surface area contributed by atoms with E-state index >= 15 is 0 Å². The highest BCUT2D eigenvalue weighted by Gasteiger charge is 2.48. The second-order valence-electron chi connectivity index (χ2n) is 7.65. The number of carbonyl (C=O) groups excluding carboxylic acids is 2. The maximum Gasteiger partial charge on any atom is 0.259 e. The van der Waals surface area contributed by atoms with Crippen molar-refractivity contribution in [1.82, 2.24) is 20.0 Å². The number of hydrogen-bond donors (Lipinski definition) is 1. The van der Waals surface area contributed by atoms with Gasteiger partial charge in [-0.1, -0.05) is 11.6 Å². The van der Waals surface area contributed by atoms with Crippen LogP contribution in [0.1, 0.15) is 54.1 Å². The molecule has 1 N–H and O–H groups in total. The Hall–Kier alpha value is -2.02. The number of rotatable bonds is 3. The minimum atomic E-state index is -0.0505. The topological polar surface area (TPSA) is 78.5 Å². The van der Waals surface area contributed by atoms with Crippen LogP contribution in [0.2, 0.25) is 5.15 Å². The third-order valence-corrected chi connectivity index (χ3v) is 6.19. The number of H-pyrrole nitrogens is 1. The summed E-state index contributed by atoms with van der Waals surface area (Å²) in [6, 6.07) is 0.133. The third kappa shape index (κ3) is 2.52. The van der Waals surface area contributed by atoms with E-state index in [0.29, 0.717) is 31.2 Å². The van der Waals surface area contributed by atoms with Crippen LogP contribution < -0.4 is 0 Å². The number of hydrogen-bond acceptors (Lipinski definition) is 4.